The number of hydrogen-bond acceptors (Lipinski definition) is 5. The maximum absolute atomic E-state index is 12.6. The van der Waals surface area contributed by atoms with E-state index in [1.54, 1.807) is 11.8 Å². The normalized spacial score (nSPS) is 11.5. The van der Waals surface area contributed by atoms with Crippen molar-refractivity contribution in [1.29, 1.82) is 0 Å². The first kappa shape index (κ1) is 28.6. The molecule has 3 rings (SSSR count). The predicted molar refractivity (Wildman–Crippen MR) is 153 cm³/mol. The van der Waals surface area contributed by atoms with E-state index in [2.05, 4.69) is 56.4 Å². The monoisotopic (exact) mass is 520 g/mol. The third-order valence-electron chi connectivity index (χ3n) is 5.88. The number of thioether (sulfide) groups is 1. The lowest BCUT2D eigenvalue weighted by Gasteiger charge is -2.24. The Bertz CT molecular complexity index is 1210. The van der Waals surface area contributed by atoms with Gasteiger partial charge in [-0.3, -0.25) is 4.98 Å². The van der Waals surface area contributed by atoms with Gasteiger partial charge in [0.15, 0.2) is 0 Å². The zero-order valence-electron chi connectivity index (χ0n) is 23.4. The predicted octanol–water partition coefficient (Wildman–Crippen LogP) is 7.89. The fraction of sp³-hybridized carbons (Fsp3) is 0.419. The summed E-state index contributed by atoms with van der Waals surface area (Å²) in [6, 6.07) is 16.6. The lowest BCUT2D eigenvalue weighted by molar-refractivity contribution is 0.0523. The minimum absolute atomic E-state index is 0.321. The Morgan fingerprint density at radius 2 is 1.70 bits per heavy atom. The highest BCUT2D eigenvalue weighted by atomic mass is 32.2. The second-order valence-electron chi connectivity index (χ2n) is 10.7. The van der Waals surface area contributed by atoms with Crippen LogP contribution in [0, 0.1) is 19.8 Å². The van der Waals surface area contributed by atoms with Crippen LogP contribution in [0.25, 0.3) is 11.1 Å². The number of alkyl carbamates (subject to hydrolysis) is 1. The molecule has 0 saturated carbocycles. The van der Waals surface area contributed by atoms with Crippen LogP contribution in [-0.4, -0.2) is 22.9 Å². The van der Waals surface area contributed by atoms with Crippen LogP contribution in [0.3, 0.4) is 0 Å². The van der Waals surface area contributed by atoms with Crippen LogP contribution in [0.4, 0.5) is 4.79 Å². The molecular formula is C31H40N2O3S. The van der Waals surface area contributed by atoms with Gasteiger partial charge in [-0.25, -0.2) is 4.79 Å². The number of nitrogens with one attached hydrogen (secondary N) is 1. The third-order valence-corrected chi connectivity index (χ3v) is 6.66. The Morgan fingerprint density at radius 1 is 1.03 bits per heavy atom. The fourth-order valence-electron chi connectivity index (χ4n) is 4.20. The molecule has 2 aromatic carbocycles. The van der Waals surface area contributed by atoms with Crippen molar-refractivity contribution in [3.8, 4) is 16.9 Å². The first-order valence-electron chi connectivity index (χ1n) is 12.8. The second-order valence-corrected chi connectivity index (χ2v) is 11.6. The van der Waals surface area contributed by atoms with Crippen LogP contribution in [0.2, 0.25) is 0 Å². The van der Waals surface area contributed by atoms with Gasteiger partial charge in [0.2, 0.25) is 0 Å². The van der Waals surface area contributed by atoms with Crippen LogP contribution in [0.1, 0.15) is 62.7 Å². The van der Waals surface area contributed by atoms with E-state index in [1.165, 1.54) is 5.56 Å². The standard InChI is InChI=1S/C31H40N2O3S/c1-20(2)17-26-24(18-32-30(34)36-31(5,6)7)29(23-15-13-21(3)14-16-23)25(22(4)33-26)19-35-27-11-9-10-12-28(27)37-8/h9-16,20H,17-19H2,1-8H3,(H,32,34). The molecule has 0 radical (unpaired) electrons. The van der Waals surface area contributed by atoms with Gasteiger partial charge in [0, 0.05) is 34.0 Å². The molecule has 0 atom stereocenters. The van der Waals surface area contributed by atoms with Gasteiger partial charge in [0.25, 0.3) is 0 Å². The molecule has 1 amide bonds. The maximum Gasteiger partial charge on any atom is 0.407 e. The van der Waals surface area contributed by atoms with E-state index >= 15 is 0 Å². The van der Waals surface area contributed by atoms with Gasteiger partial charge >= 0.3 is 6.09 Å². The summed E-state index contributed by atoms with van der Waals surface area (Å²) in [5.41, 5.74) is 6.73. The number of nitrogens with zero attached hydrogens (tertiary/aromatic N) is 1. The molecule has 1 heterocycles. The summed E-state index contributed by atoms with van der Waals surface area (Å²) in [7, 11) is 0. The molecule has 0 unspecified atom stereocenters. The Morgan fingerprint density at radius 3 is 2.32 bits per heavy atom. The number of aryl methyl sites for hydroxylation is 2. The van der Waals surface area contributed by atoms with Crippen molar-refractivity contribution in [2.45, 2.75) is 78.5 Å². The number of pyridine rings is 1. The topological polar surface area (TPSA) is 60.5 Å². The molecule has 0 fully saturated rings. The number of carbonyl (C=O) groups is 1. The van der Waals surface area contributed by atoms with E-state index in [1.807, 2.05) is 52.1 Å². The van der Waals surface area contributed by atoms with Gasteiger partial charge in [-0.1, -0.05) is 55.8 Å². The number of aromatic nitrogens is 1. The molecule has 0 spiro atoms. The van der Waals surface area contributed by atoms with E-state index < -0.39 is 11.7 Å². The van der Waals surface area contributed by atoms with Gasteiger partial charge in [-0.15, -0.1) is 11.8 Å². The summed E-state index contributed by atoms with van der Waals surface area (Å²) >= 11 is 1.66. The molecule has 3 aromatic rings. The Labute approximate surface area is 226 Å². The number of hydrogen-bond donors (Lipinski definition) is 1. The van der Waals surface area contributed by atoms with E-state index in [9.17, 15) is 4.79 Å². The zero-order valence-corrected chi connectivity index (χ0v) is 24.2. The van der Waals surface area contributed by atoms with Crippen LogP contribution >= 0.6 is 11.8 Å². The highest BCUT2D eigenvalue weighted by Gasteiger charge is 2.23. The van der Waals surface area contributed by atoms with Crippen molar-refractivity contribution >= 4 is 17.9 Å². The number of benzene rings is 2. The molecule has 1 N–H and O–H groups in total. The van der Waals surface area contributed by atoms with Crippen LogP contribution in [0.15, 0.2) is 53.4 Å². The summed E-state index contributed by atoms with van der Waals surface area (Å²) in [6.07, 6.45) is 2.42. The van der Waals surface area contributed by atoms with Gasteiger partial charge in [0.1, 0.15) is 18.0 Å². The van der Waals surface area contributed by atoms with Gasteiger partial charge in [-0.05, 0) is 76.5 Å². The molecule has 0 bridgehead atoms. The van der Waals surface area contributed by atoms with E-state index in [-0.39, 0.29) is 0 Å². The Balaban J connectivity index is 2.12. The van der Waals surface area contributed by atoms with Crippen molar-refractivity contribution in [2.24, 2.45) is 5.92 Å². The van der Waals surface area contributed by atoms with Crippen molar-refractivity contribution in [1.82, 2.24) is 10.3 Å². The minimum atomic E-state index is -0.570. The van der Waals surface area contributed by atoms with Crippen LogP contribution < -0.4 is 10.1 Å². The SMILES string of the molecule is CSc1ccccc1OCc1c(C)nc(CC(C)C)c(CNC(=O)OC(C)(C)C)c1-c1ccc(C)cc1. The minimum Gasteiger partial charge on any atom is -0.488 e. The van der Waals surface area contributed by atoms with Crippen LogP contribution in [-0.2, 0) is 24.3 Å². The van der Waals surface area contributed by atoms with E-state index in [0.717, 1.165) is 50.7 Å². The molecule has 198 valence electrons. The van der Waals surface area contributed by atoms with E-state index in [4.69, 9.17) is 14.5 Å². The lowest BCUT2D eigenvalue weighted by Crippen LogP contribution is -2.32. The molecule has 0 saturated heterocycles. The number of ether oxygens (including phenoxy) is 2. The van der Waals surface area contributed by atoms with Gasteiger partial charge in [0.05, 0.1) is 0 Å². The van der Waals surface area contributed by atoms with Gasteiger partial charge < -0.3 is 14.8 Å². The fourth-order valence-corrected chi connectivity index (χ4v) is 4.74. The molecule has 0 aliphatic rings. The number of amides is 1. The first-order chi connectivity index (χ1) is 17.5. The van der Waals surface area contributed by atoms with Gasteiger partial charge in [-0.2, -0.15) is 0 Å². The summed E-state index contributed by atoms with van der Waals surface area (Å²) in [6.45, 7) is 14.8. The molecule has 37 heavy (non-hydrogen) atoms. The Kier molecular flexibility index (Phi) is 9.66. The quantitative estimate of drug-likeness (QED) is 0.291. The Hall–Kier alpha value is -2.99. The van der Waals surface area contributed by atoms with Crippen molar-refractivity contribution in [3.05, 3.63) is 76.6 Å². The molecular weight excluding hydrogens is 480 g/mol. The maximum atomic E-state index is 12.6. The first-order valence-corrected chi connectivity index (χ1v) is 14.0. The zero-order chi connectivity index (χ0) is 27.2. The number of para-hydroxylation sites is 1. The third kappa shape index (κ3) is 8.00. The van der Waals surface area contributed by atoms with E-state index in [0.29, 0.717) is 19.1 Å². The summed E-state index contributed by atoms with van der Waals surface area (Å²) < 4.78 is 11.9. The molecule has 0 aliphatic heterocycles. The second kappa shape index (κ2) is 12.5. The number of carbonyl (C=O) groups excluding carboxylic acids is 1. The molecule has 1 aromatic heterocycles. The summed E-state index contributed by atoms with van der Waals surface area (Å²) in [5.74, 6) is 1.26. The smallest absolute Gasteiger partial charge is 0.407 e. The van der Waals surface area contributed by atoms with Crippen molar-refractivity contribution in [3.63, 3.8) is 0 Å². The highest BCUT2D eigenvalue weighted by molar-refractivity contribution is 7.98. The largest absolute Gasteiger partial charge is 0.488 e. The van der Waals surface area contributed by atoms with Crippen molar-refractivity contribution < 1.29 is 14.3 Å². The molecule has 6 heteroatoms. The summed E-state index contributed by atoms with van der Waals surface area (Å²) in [5, 5.41) is 2.98. The molecule has 0 aliphatic carbocycles. The van der Waals surface area contributed by atoms with Crippen LogP contribution in [0.5, 0.6) is 5.75 Å². The number of rotatable bonds is 9. The lowest BCUT2D eigenvalue weighted by atomic mass is 9.90. The molecule has 5 nitrogen and oxygen atoms in total. The average Bonchev–Trinajstić information content (AvgIpc) is 2.81. The van der Waals surface area contributed by atoms with Crippen molar-refractivity contribution in [2.75, 3.05) is 6.26 Å². The highest BCUT2D eigenvalue weighted by Crippen LogP contribution is 2.35. The average molecular weight is 521 g/mol. The summed E-state index contributed by atoms with van der Waals surface area (Å²) in [4.78, 5) is 18.7.